The van der Waals surface area contributed by atoms with E-state index in [-0.39, 0.29) is 30.5 Å². The average molecular weight is 283 g/mol. The van der Waals surface area contributed by atoms with Gasteiger partial charge in [0, 0.05) is 19.0 Å². The van der Waals surface area contributed by atoms with Crippen molar-refractivity contribution in [3.05, 3.63) is 29.8 Å². The summed E-state index contributed by atoms with van der Waals surface area (Å²) in [6, 6.07) is 8.10. The molecular weight excluding hydrogens is 264 g/mol. The third-order valence-electron chi connectivity index (χ3n) is 3.58. The number of rotatable bonds is 2. The lowest BCUT2D eigenvalue weighted by atomic mass is 10.1. The number of nitrogens with one attached hydrogen (secondary N) is 2. The third kappa shape index (κ3) is 3.19. The predicted molar refractivity (Wildman–Crippen MR) is 75.8 cm³/mol. The van der Waals surface area contributed by atoms with E-state index in [1.807, 2.05) is 24.3 Å². The van der Waals surface area contributed by atoms with Gasteiger partial charge in [-0.25, -0.2) is 0 Å². The number of carbonyl (C=O) groups is 1. The normalized spacial score (nSPS) is 24.8. The van der Waals surface area contributed by atoms with Gasteiger partial charge >= 0.3 is 0 Å². The molecule has 1 saturated heterocycles. The minimum atomic E-state index is -0.357. The Hall–Kier alpha value is -1.26. The summed E-state index contributed by atoms with van der Waals surface area (Å²) in [5.41, 5.74) is 1.12. The van der Waals surface area contributed by atoms with Crippen LogP contribution in [0.4, 0.5) is 0 Å². The van der Waals surface area contributed by atoms with Gasteiger partial charge in [-0.15, -0.1) is 12.4 Å². The first kappa shape index (κ1) is 14.2. The van der Waals surface area contributed by atoms with Crippen LogP contribution >= 0.6 is 12.4 Å². The fourth-order valence-corrected chi connectivity index (χ4v) is 2.60. The van der Waals surface area contributed by atoms with Gasteiger partial charge in [0.05, 0.1) is 0 Å². The Labute approximate surface area is 119 Å². The summed E-state index contributed by atoms with van der Waals surface area (Å²) in [6.07, 6.45) is 2.50. The SMILES string of the molecule is Cl.O=C(NC1CCCNC1)C1Cc2ccccc2O1. The Morgan fingerprint density at radius 2 is 2.21 bits per heavy atom. The van der Waals surface area contributed by atoms with Gasteiger partial charge in [-0.3, -0.25) is 4.79 Å². The summed E-state index contributed by atoms with van der Waals surface area (Å²) in [7, 11) is 0. The summed E-state index contributed by atoms with van der Waals surface area (Å²) in [6.45, 7) is 1.92. The summed E-state index contributed by atoms with van der Waals surface area (Å²) >= 11 is 0. The lowest BCUT2D eigenvalue weighted by Gasteiger charge is -2.25. The molecule has 0 spiro atoms. The Kier molecular flexibility index (Phi) is 4.66. The van der Waals surface area contributed by atoms with E-state index in [0.717, 1.165) is 37.2 Å². The number of hydrogen-bond donors (Lipinski definition) is 2. The van der Waals surface area contributed by atoms with Crippen molar-refractivity contribution in [2.75, 3.05) is 13.1 Å². The molecule has 1 fully saturated rings. The second kappa shape index (κ2) is 6.26. The number of para-hydroxylation sites is 1. The van der Waals surface area contributed by atoms with Crippen LogP contribution in [0, 0.1) is 0 Å². The second-order valence-corrected chi connectivity index (χ2v) is 4.97. The van der Waals surface area contributed by atoms with Crippen LogP contribution in [-0.4, -0.2) is 31.1 Å². The molecule has 1 aromatic carbocycles. The third-order valence-corrected chi connectivity index (χ3v) is 3.58. The summed E-state index contributed by atoms with van der Waals surface area (Å²) in [5, 5.41) is 6.36. The molecule has 0 bridgehead atoms. The molecule has 4 nitrogen and oxygen atoms in total. The van der Waals surface area contributed by atoms with Gasteiger partial charge in [-0.1, -0.05) is 18.2 Å². The minimum Gasteiger partial charge on any atom is -0.480 e. The lowest BCUT2D eigenvalue weighted by Crippen LogP contribution is -2.49. The standard InChI is InChI=1S/C14H18N2O2.ClH/c17-14(16-11-5-3-7-15-9-11)13-8-10-4-1-2-6-12(10)18-13;/h1-2,4,6,11,13,15H,3,5,7-9H2,(H,16,17);1H. The molecule has 0 saturated carbocycles. The molecule has 2 heterocycles. The molecule has 2 N–H and O–H groups in total. The van der Waals surface area contributed by atoms with Crippen molar-refractivity contribution in [3.8, 4) is 5.75 Å². The molecule has 1 amide bonds. The zero-order chi connectivity index (χ0) is 12.4. The molecular formula is C14H19ClN2O2. The highest BCUT2D eigenvalue weighted by Crippen LogP contribution is 2.28. The number of amides is 1. The van der Waals surface area contributed by atoms with E-state index in [9.17, 15) is 4.79 Å². The van der Waals surface area contributed by atoms with Gasteiger partial charge in [0.15, 0.2) is 6.10 Å². The average Bonchev–Trinajstić information content (AvgIpc) is 2.84. The van der Waals surface area contributed by atoms with Crippen molar-refractivity contribution >= 4 is 18.3 Å². The van der Waals surface area contributed by atoms with Gasteiger partial charge in [-0.05, 0) is 31.0 Å². The molecule has 104 valence electrons. The van der Waals surface area contributed by atoms with Crippen LogP contribution in [0.2, 0.25) is 0 Å². The van der Waals surface area contributed by atoms with Crippen LogP contribution in [0.1, 0.15) is 18.4 Å². The Morgan fingerprint density at radius 1 is 1.37 bits per heavy atom. The predicted octanol–water partition coefficient (Wildman–Crippen LogP) is 1.28. The number of ether oxygens (including phenoxy) is 1. The van der Waals surface area contributed by atoms with Gasteiger partial charge in [0.1, 0.15) is 5.75 Å². The van der Waals surface area contributed by atoms with Crippen LogP contribution in [0.25, 0.3) is 0 Å². The Bertz CT molecular complexity index is 422. The van der Waals surface area contributed by atoms with E-state index < -0.39 is 0 Å². The zero-order valence-corrected chi connectivity index (χ0v) is 11.5. The Morgan fingerprint density at radius 3 is 2.95 bits per heavy atom. The van der Waals surface area contributed by atoms with Crippen LogP contribution in [0.3, 0.4) is 0 Å². The molecule has 2 aliphatic rings. The van der Waals surface area contributed by atoms with E-state index in [1.165, 1.54) is 0 Å². The maximum Gasteiger partial charge on any atom is 0.261 e. The topological polar surface area (TPSA) is 50.4 Å². The van der Waals surface area contributed by atoms with E-state index in [0.29, 0.717) is 6.42 Å². The molecule has 2 aliphatic heterocycles. The monoisotopic (exact) mass is 282 g/mol. The maximum absolute atomic E-state index is 12.1. The van der Waals surface area contributed by atoms with E-state index >= 15 is 0 Å². The van der Waals surface area contributed by atoms with Gasteiger partial charge in [-0.2, -0.15) is 0 Å². The lowest BCUT2D eigenvalue weighted by molar-refractivity contribution is -0.128. The van der Waals surface area contributed by atoms with Crippen LogP contribution in [0.5, 0.6) is 5.75 Å². The fourth-order valence-electron chi connectivity index (χ4n) is 2.60. The first-order valence-electron chi connectivity index (χ1n) is 6.58. The quantitative estimate of drug-likeness (QED) is 0.859. The van der Waals surface area contributed by atoms with Gasteiger partial charge in [0.2, 0.25) is 0 Å². The number of halogens is 1. The summed E-state index contributed by atoms with van der Waals surface area (Å²) in [5.74, 6) is 0.860. The Balaban J connectivity index is 0.00000133. The van der Waals surface area contributed by atoms with Crippen LogP contribution < -0.4 is 15.4 Å². The molecule has 0 aromatic heterocycles. The molecule has 0 aliphatic carbocycles. The number of piperidine rings is 1. The molecule has 0 radical (unpaired) electrons. The highest BCUT2D eigenvalue weighted by Gasteiger charge is 2.30. The van der Waals surface area contributed by atoms with E-state index in [4.69, 9.17) is 4.74 Å². The number of carbonyl (C=O) groups excluding carboxylic acids is 1. The van der Waals surface area contributed by atoms with E-state index in [2.05, 4.69) is 10.6 Å². The fraction of sp³-hybridized carbons (Fsp3) is 0.500. The molecule has 2 atom stereocenters. The van der Waals surface area contributed by atoms with Gasteiger partial charge in [0.25, 0.3) is 5.91 Å². The van der Waals surface area contributed by atoms with Crippen molar-refractivity contribution in [1.82, 2.24) is 10.6 Å². The highest BCUT2D eigenvalue weighted by molar-refractivity contribution is 5.85. The molecule has 5 heteroatoms. The molecule has 3 rings (SSSR count). The molecule has 2 unspecified atom stereocenters. The van der Waals surface area contributed by atoms with Gasteiger partial charge < -0.3 is 15.4 Å². The minimum absolute atomic E-state index is 0. The molecule has 19 heavy (non-hydrogen) atoms. The van der Waals surface area contributed by atoms with Crippen molar-refractivity contribution < 1.29 is 9.53 Å². The van der Waals surface area contributed by atoms with Crippen LogP contribution in [-0.2, 0) is 11.2 Å². The van der Waals surface area contributed by atoms with Crippen LogP contribution in [0.15, 0.2) is 24.3 Å². The first-order chi connectivity index (χ1) is 8.83. The van der Waals surface area contributed by atoms with E-state index in [1.54, 1.807) is 0 Å². The summed E-state index contributed by atoms with van der Waals surface area (Å²) in [4.78, 5) is 12.1. The maximum atomic E-state index is 12.1. The smallest absolute Gasteiger partial charge is 0.261 e. The molecule has 1 aromatic rings. The zero-order valence-electron chi connectivity index (χ0n) is 10.7. The highest BCUT2D eigenvalue weighted by atomic mass is 35.5. The number of hydrogen-bond acceptors (Lipinski definition) is 3. The second-order valence-electron chi connectivity index (χ2n) is 4.97. The number of fused-ring (bicyclic) bond motifs is 1. The van der Waals surface area contributed by atoms with Crippen molar-refractivity contribution in [2.24, 2.45) is 0 Å². The largest absolute Gasteiger partial charge is 0.480 e. The van der Waals surface area contributed by atoms with Crippen molar-refractivity contribution in [3.63, 3.8) is 0 Å². The van der Waals surface area contributed by atoms with Crippen molar-refractivity contribution in [2.45, 2.75) is 31.4 Å². The van der Waals surface area contributed by atoms with Crippen molar-refractivity contribution in [1.29, 1.82) is 0 Å². The number of benzene rings is 1. The summed E-state index contributed by atoms with van der Waals surface area (Å²) < 4.78 is 5.68. The first-order valence-corrected chi connectivity index (χ1v) is 6.58.